The molecule has 0 saturated heterocycles. The van der Waals surface area contributed by atoms with Gasteiger partial charge in [0.25, 0.3) is 0 Å². The normalized spacial score (nSPS) is 11.5. The van der Waals surface area contributed by atoms with Crippen molar-refractivity contribution in [2.75, 3.05) is 5.32 Å². The molecule has 1 aromatic carbocycles. The summed E-state index contributed by atoms with van der Waals surface area (Å²) < 4.78 is 10.7. The predicted octanol–water partition coefficient (Wildman–Crippen LogP) is 3.72. The minimum atomic E-state index is -0.915. The second kappa shape index (κ2) is 5.71. The second-order valence-corrected chi connectivity index (χ2v) is 6.05. The zero-order chi connectivity index (χ0) is 16.5. The van der Waals surface area contributed by atoms with Gasteiger partial charge in [-0.15, -0.1) is 0 Å². The molecule has 0 atom stereocenters. The number of aryl methyl sites for hydroxylation is 1. The van der Waals surface area contributed by atoms with Gasteiger partial charge >= 0.3 is 12.1 Å². The summed E-state index contributed by atoms with van der Waals surface area (Å²) in [4.78, 5) is 22.6. The lowest BCUT2D eigenvalue weighted by molar-refractivity contribution is -0.136. The van der Waals surface area contributed by atoms with Gasteiger partial charge in [-0.05, 0) is 39.8 Å². The Hall–Kier alpha value is -2.50. The average Bonchev–Trinajstić information content (AvgIpc) is 2.62. The first-order valence-electron chi connectivity index (χ1n) is 6.89. The van der Waals surface area contributed by atoms with Crippen molar-refractivity contribution in [3.05, 3.63) is 29.5 Å². The number of fused-ring (bicyclic) bond motifs is 1. The minimum Gasteiger partial charge on any atom is -0.481 e. The van der Waals surface area contributed by atoms with Gasteiger partial charge in [-0.1, -0.05) is 0 Å². The van der Waals surface area contributed by atoms with Gasteiger partial charge < -0.3 is 14.3 Å². The Morgan fingerprint density at radius 1 is 1.32 bits per heavy atom. The van der Waals surface area contributed by atoms with Gasteiger partial charge in [0.05, 0.1) is 6.42 Å². The Morgan fingerprint density at radius 2 is 2.00 bits per heavy atom. The number of carbonyl (C=O) groups is 2. The summed E-state index contributed by atoms with van der Waals surface area (Å²) in [7, 11) is 0. The summed E-state index contributed by atoms with van der Waals surface area (Å²) in [5.74, 6) is -0.353. The van der Waals surface area contributed by atoms with Gasteiger partial charge in [0.15, 0.2) is 0 Å². The summed E-state index contributed by atoms with van der Waals surface area (Å²) in [6.07, 6.45) is -0.654. The van der Waals surface area contributed by atoms with Gasteiger partial charge in [-0.25, -0.2) is 4.79 Å². The number of hydrogen-bond donors (Lipinski definition) is 2. The molecule has 0 spiro atoms. The number of ether oxygens (including phenoxy) is 1. The van der Waals surface area contributed by atoms with Crippen LogP contribution in [0.15, 0.2) is 22.6 Å². The second-order valence-electron chi connectivity index (χ2n) is 6.05. The van der Waals surface area contributed by atoms with Crippen LogP contribution in [0.5, 0.6) is 0 Å². The maximum Gasteiger partial charge on any atom is 0.412 e. The van der Waals surface area contributed by atoms with Crippen molar-refractivity contribution in [1.29, 1.82) is 0 Å². The number of carbonyl (C=O) groups excluding carboxylic acids is 1. The molecule has 1 heterocycles. The lowest BCUT2D eigenvalue weighted by Gasteiger charge is -2.19. The third kappa shape index (κ3) is 3.78. The minimum absolute atomic E-state index is 0.0995. The summed E-state index contributed by atoms with van der Waals surface area (Å²) in [5, 5.41) is 12.3. The molecule has 2 aromatic rings. The fourth-order valence-corrected chi connectivity index (χ4v) is 2.14. The lowest BCUT2D eigenvalue weighted by atomic mass is 10.1. The molecule has 6 nitrogen and oxygen atoms in total. The van der Waals surface area contributed by atoms with Crippen LogP contribution in [0.4, 0.5) is 10.5 Å². The highest BCUT2D eigenvalue weighted by Crippen LogP contribution is 2.28. The number of furan rings is 1. The summed E-state index contributed by atoms with van der Waals surface area (Å²) in [6, 6.07) is 5.07. The van der Waals surface area contributed by atoms with E-state index in [0.717, 1.165) is 5.39 Å². The van der Waals surface area contributed by atoms with Crippen LogP contribution in [0.1, 0.15) is 32.1 Å². The molecule has 0 aliphatic rings. The number of rotatable bonds is 3. The van der Waals surface area contributed by atoms with E-state index in [0.29, 0.717) is 22.6 Å². The largest absolute Gasteiger partial charge is 0.481 e. The van der Waals surface area contributed by atoms with Crippen LogP contribution in [0.25, 0.3) is 11.0 Å². The molecule has 0 aliphatic carbocycles. The Labute approximate surface area is 128 Å². The molecule has 2 rings (SSSR count). The van der Waals surface area contributed by atoms with E-state index in [4.69, 9.17) is 14.3 Å². The highest BCUT2D eigenvalue weighted by atomic mass is 16.6. The van der Waals surface area contributed by atoms with Crippen LogP contribution < -0.4 is 5.32 Å². The van der Waals surface area contributed by atoms with Crippen molar-refractivity contribution in [2.24, 2.45) is 0 Å². The Morgan fingerprint density at radius 3 is 2.59 bits per heavy atom. The van der Waals surface area contributed by atoms with E-state index in [1.165, 1.54) is 0 Å². The van der Waals surface area contributed by atoms with E-state index in [1.54, 1.807) is 45.9 Å². The van der Waals surface area contributed by atoms with Crippen LogP contribution in [0, 0.1) is 6.92 Å². The topological polar surface area (TPSA) is 88.8 Å². The van der Waals surface area contributed by atoms with Crippen LogP contribution in [-0.2, 0) is 16.0 Å². The van der Waals surface area contributed by atoms with E-state index in [1.807, 2.05) is 0 Å². The average molecular weight is 305 g/mol. The molecule has 0 saturated carbocycles. The van der Waals surface area contributed by atoms with Crippen molar-refractivity contribution < 1.29 is 23.8 Å². The van der Waals surface area contributed by atoms with Gasteiger partial charge in [-0.3, -0.25) is 10.1 Å². The number of amides is 1. The molecule has 1 aromatic heterocycles. The van der Waals surface area contributed by atoms with Crippen LogP contribution in [-0.4, -0.2) is 22.8 Å². The highest BCUT2D eigenvalue weighted by Gasteiger charge is 2.18. The molecule has 0 unspecified atom stereocenters. The first-order valence-corrected chi connectivity index (χ1v) is 6.89. The monoisotopic (exact) mass is 305 g/mol. The third-order valence-corrected chi connectivity index (χ3v) is 2.97. The zero-order valence-electron chi connectivity index (χ0n) is 13.0. The molecule has 6 heteroatoms. The molecule has 0 radical (unpaired) electrons. The molecular weight excluding hydrogens is 286 g/mol. The molecule has 22 heavy (non-hydrogen) atoms. The van der Waals surface area contributed by atoms with Crippen molar-refractivity contribution in [2.45, 2.75) is 39.7 Å². The number of hydrogen-bond acceptors (Lipinski definition) is 4. The smallest absolute Gasteiger partial charge is 0.412 e. The molecule has 0 bridgehead atoms. The van der Waals surface area contributed by atoms with Gasteiger partial charge in [0.2, 0.25) is 0 Å². The van der Waals surface area contributed by atoms with Crippen LogP contribution >= 0.6 is 0 Å². The summed E-state index contributed by atoms with van der Waals surface area (Å²) >= 11 is 0. The van der Waals surface area contributed by atoms with E-state index < -0.39 is 17.7 Å². The highest BCUT2D eigenvalue weighted by molar-refractivity contribution is 5.92. The maximum atomic E-state index is 11.7. The molecule has 0 fully saturated rings. The van der Waals surface area contributed by atoms with Gasteiger partial charge in [-0.2, -0.15) is 0 Å². The summed E-state index contributed by atoms with van der Waals surface area (Å²) in [5.41, 5.74) is 1.12. The molecule has 2 N–H and O–H groups in total. The number of carboxylic acid groups (broad SMARTS) is 1. The van der Waals surface area contributed by atoms with E-state index >= 15 is 0 Å². The van der Waals surface area contributed by atoms with Crippen molar-refractivity contribution >= 4 is 28.7 Å². The first-order chi connectivity index (χ1) is 10.2. The standard InChI is InChI=1S/C16H19NO5/c1-9-12(8-14(18)19)11-6-5-10(7-13(11)21-9)17-15(20)22-16(2,3)4/h5-7H,8H2,1-4H3,(H,17,20)(H,18,19). The van der Waals surface area contributed by atoms with Crippen molar-refractivity contribution in [3.8, 4) is 0 Å². The SMILES string of the molecule is Cc1oc2cc(NC(=O)OC(C)(C)C)ccc2c1CC(=O)O. The zero-order valence-corrected chi connectivity index (χ0v) is 13.0. The van der Waals surface area contributed by atoms with Gasteiger partial charge in [0.1, 0.15) is 16.9 Å². The number of anilines is 1. The van der Waals surface area contributed by atoms with Crippen molar-refractivity contribution in [3.63, 3.8) is 0 Å². The maximum absolute atomic E-state index is 11.7. The number of aliphatic carboxylic acids is 1. The fourth-order valence-electron chi connectivity index (χ4n) is 2.14. The van der Waals surface area contributed by atoms with Crippen LogP contribution in [0.2, 0.25) is 0 Å². The quantitative estimate of drug-likeness (QED) is 0.902. The first kappa shape index (κ1) is 15.9. The molecule has 1 amide bonds. The number of nitrogens with one attached hydrogen (secondary N) is 1. The Kier molecular flexibility index (Phi) is 4.12. The number of carboxylic acids is 1. The van der Waals surface area contributed by atoms with Crippen LogP contribution in [0.3, 0.4) is 0 Å². The Balaban J connectivity index is 2.25. The summed E-state index contributed by atoms with van der Waals surface area (Å²) in [6.45, 7) is 7.07. The Bertz CT molecular complexity index is 724. The predicted molar refractivity (Wildman–Crippen MR) is 82.1 cm³/mol. The fraction of sp³-hybridized carbons (Fsp3) is 0.375. The molecule has 118 valence electrons. The van der Waals surface area contributed by atoms with E-state index in [9.17, 15) is 9.59 Å². The molecule has 0 aliphatic heterocycles. The van der Waals surface area contributed by atoms with E-state index in [2.05, 4.69) is 5.32 Å². The van der Waals surface area contributed by atoms with Crippen molar-refractivity contribution in [1.82, 2.24) is 0 Å². The molecular formula is C16H19NO5. The lowest BCUT2D eigenvalue weighted by Crippen LogP contribution is -2.27. The number of benzene rings is 1. The van der Waals surface area contributed by atoms with E-state index in [-0.39, 0.29) is 6.42 Å². The third-order valence-electron chi connectivity index (χ3n) is 2.97. The van der Waals surface area contributed by atoms with Gasteiger partial charge in [0, 0.05) is 22.7 Å².